The molecule has 1 aromatic rings. The van der Waals surface area contributed by atoms with E-state index in [1.54, 1.807) is 0 Å². The van der Waals surface area contributed by atoms with E-state index in [2.05, 4.69) is 22.9 Å². The molecule has 0 saturated carbocycles. The van der Waals surface area contributed by atoms with Crippen molar-refractivity contribution in [2.75, 3.05) is 24.3 Å². The van der Waals surface area contributed by atoms with Gasteiger partial charge in [-0.3, -0.25) is 0 Å². The van der Waals surface area contributed by atoms with Crippen LogP contribution in [0.15, 0.2) is 18.2 Å². The van der Waals surface area contributed by atoms with Crippen molar-refractivity contribution in [1.82, 2.24) is 15.5 Å². The first kappa shape index (κ1) is 24.6. The van der Waals surface area contributed by atoms with Crippen LogP contribution in [0.1, 0.15) is 60.5 Å². The van der Waals surface area contributed by atoms with Crippen LogP contribution >= 0.6 is 0 Å². The van der Waals surface area contributed by atoms with E-state index < -0.39 is 0 Å². The molecule has 7 heteroatoms. The number of hydrogen-bond donors (Lipinski definition) is 3. The molecule has 1 aromatic carbocycles. The maximum absolute atomic E-state index is 12.8. The standard InChI is InChI=1S/C22H39N5O2/c1-10-16(4)27(21(29)23-15(2)3)14-17-13-18(11-12-19(17)26(8)9)24-20(28)25-22(5,6)7/h11-13,15-16H,10,14H2,1-9H3,(H,23,29)(H2,24,25,28). The Kier molecular flexibility index (Phi) is 8.80. The lowest BCUT2D eigenvalue weighted by Gasteiger charge is -2.31. The van der Waals surface area contributed by atoms with Crippen molar-refractivity contribution >= 4 is 23.4 Å². The first-order valence-corrected chi connectivity index (χ1v) is 10.3. The van der Waals surface area contributed by atoms with Gasteiger partial charge in [-0.05, 0) is 71.7 Å². The Morgan fingerprint density at radius 1 is 1.10 bits per heavy atom. The summed E-state index contributed by atoms with van der Waals surface area (Å²) in [7, 11) is 3.94. The van der Waals surface area contributed by atoms with Gasteiger partial charge in [0.25, 0.3) is 0 Å². The van der Waals surface area contributed by atoms with Gasteiger partial charge in [0.1, 0.15) is 0 Å². The van der Waals surface area contributed by atoms with Gasteiger partial charge in [-0.25, -0.2) is 9.59 Å². The van der Waals surface area contributed by atoms with Crippen LogP contribution in [0.3, 0.4) is 0 Å². The predicted octanol–water partition coefficient (Wildman–Crippen LogP) is 4.39. The number of benzene rings is 1. The highest BCUT2D eigenvalue weighted by Crippen LogP contribution is 2.26. The number of rotatable bonds is 7. The molecule has 1 unspecified atom stereocenters. The fraction of sp³-hybridized carbons (Fsp3) is 0.636. The van der Waals surface area contributed by atoms with E-state index in [4.69, 9.17) is 0 Å². The summed E-state index contributed by atoms with van der Waals surface area (Å²) in [5.74, 6) is 0. The molecule has 0 spiro atoms. The van der Waals surface area contributed by atoms with Crippen LogP contribution in [-0.4, -0.2) is 48.7 Å². The lowest BCUT2D eigenvalue weighted by molar-refractivity contribution is 0.171. The van der Waals surface area contributed by atoms with Crippen molar-refractivity contribution in [3.63, 3.8) is 0 Å². The number of anilines is 2. The molecule has 3 N–H and O–H groups in total. The van der Waals surface area contributed by atoms with Gasteiger partial charge in [-0.2, -0.15) is 0 Å². The van der Waals surface area contributed by atoms with Gasteiger partial charge in [0.05, 0.1) is 0 Å². The molecule has 0 fully saturated rings. The van der Waals surface area contributed by atoms with Crippen molar-refractivity contribution in [1.29, 1.82) is 0 Å². The molecule has 164 valence electrons. The number of carbonyl (C=O) groups is 2. The first-order valence-electron chi connectivity index (χ1n) is 10.3. The number of amides is 4. The van der Waals surface area contributed by atoms with E-state index in [0.29, 0.717) is 12.2 Å². The Morgan fingerprint density at radius 3 is 2.21 bits per heavy atom. The van der Waals surface area contributed by atoms with Gasteiger partial charge in [-0.15, -0.1) is 0 Å². The highest BCUT2D eigenvalue weighted by molar-refractivity contribution is 5.90. The van der Waals surface area contributed by atoms with E-state index >= 15 is 0 Å². The average Bonchev–Trinajstić information content (AvgIpc) is 2.56. The summed E-state index contributed by atoms with van der Waals surface area (Å²) in [6.45, 7) is 14.3. The molecule has 4 amide bonds. The highest BCUT2D eigenvalue weighted by atomic mass is 16.2. The van der Waals surface area contributed by atoms with Crippen LogP contribution in [0.2, 0.25) is 0 Å². The van der Waals surface area contributed by atoms with Crippen LogP contribution < -0.4 is 20.9 Å². The van der Waals surface area contributed by atoms with E-state index in [1.165, 1.54) is 0 Å². The summed E-state index contributed by atoms with van der Waals surface area (Å²) in [5.41, 5.74) is 2.36. The molecule has 0 aliphatic rings. The zero-order valence-electron chi connectivity index (χ0n) is 19.5. The second kappa shape index (κ2) is 10.4. The SMILES string of the molecule is CCC(C)N(Cc1cc(NC(=O)NC(C)(C)C)ccc1N(C)C)C(=O)NC(C)C. The summed E-state index contributed by atoms with van der Waals surface area (Å²) in [6, 6.07) is 5.61. The summed E-state index contributed by atoms with van der Waals surface area (Å²) < 4.78 is 0. The van der Waals surface area contributed by atoms with Crippen molar-refractivity contribution in [2.45, 2.75) is 79.1 Å². The molecular weight excluding hydrogens is 366 g/mol. The Labute approximate surface area is 176 Å². The summed E-state index contributed by atoms with van der Waals surface area (Å²) in [4.78, 5) is 28.9. The second-order valence-corrected chi connectivity index (χ2v) is 9.06. The molecule has 0 aliphatic heterocycles. The largest absolute Gasteiger partial charge is 0.377 e. The summed E-state index contributed by atoms with van der Waals surface area (Å²) in [6.07, 6.45) is 0.856. The van der Waals surface area contributed by atoms with Gasteiger partial charge in [-0.1, -0.05) is 6.92 Å². The van der Waals surface area contributed by atoms with E-state index in [0.717, 1.165) is 17.7 Å². The van der Waals surface area contributed by atoms with Crippen molar-refractivity contribution < 1.29 is 9.59 Å². The molecular formula is C22H39N5O2. The van der Waals surface area contributed by atoms with E-state index in [-0.39, 0.29) is 29.7 Å². The molecule has 1 rings (SSSR count). The van der Waals surface area contributed by atoms with Crippen molar-refractivity contribution in [3.8, 4) is 0 Å². The smallest absolute Gasteiger partial charge is 0.319 e. The minimum absolute atomic E-state index is 0.0662. The van der Waals surface area contributed by atoms with Crippen LogP contribution in [0, 0.1) is 0 Å². The molecule has 0 radical (unpaired) electrons. The molecule has 0 aromatic heterocycles. The normalized spacial score (nSPS) is 12.3. The average molecular weight is 406 g/mol. The van der Waals surface area contributed by atoms with Gasteiger partial charge in [0.15, 0.2) is 0 Å². The molecule has 0 aliphatic carbocycles. The Morgan fingerprint density at radius 2 is 1.72 bits per heavy atom. The first-order chi connectivity index (χ1) is 13.3. The van der Waals surface area contributed by atoms with Crippen molar-refractivity contribution in [2.24, 2.45) is 0 Å². The Bertz CT molecular complexity index is 695. The third kappa shape index (κ3) is 8.21. The molecule has 1 atom stereocenters. The number of nitrogens with zero attached hydrogens (tertiary/aromatic N) is 2. The zero-order chi connectivity index (χ0) is 22.4. The van der Waals surface area contributed by atoms with Gasteiger partial charge >= 0.3 is 12.1 Å². The topological polar surface area (TPSA) is 76.7 Å². The Hall–Kier alpha value is -2.44. The fourth-order valence-corrected chi connectivity index (χ4v) is 2.89. The number of urea groups is 2. The lowest BCUT2D eigenvalue weighted by atomic mass is 10.1. The number of hydrogen-bond acceptors (Lipinski definition) is 3. The fourth-order valence-electron chi connectivity index (χ4n) is 2.89. The van der Waals surface area contributed by atoms with Crippen molar-refractivity contribution in [3.05, 3.63) is 23.8 Å². The minimum atomic E-state index is -0.321. The molecule has 0 bridgehead atoms. The van der Waals surface area contributed by atoms with Gasteiger partial charge < -0.3 is 25.8 Å². The second-order valence-electron chi connectivity index (χ2n) is 9.06. The third-order valence-corrected chi connectivity index (χ3v) is 4.44. The van der Waals surface area contributed by atoms with Crippen LogP contribution in [-0.2, 0) is 6.54 Å². The predicted molar refractivity (Wildman–Crippen MR) is 122 cm³/mol. The maximum atomic E-state index is 12.8. The van der Waals surface area contributed by atoms with E-state index in [1.807, 2.05) is 83.6 Å². The van der Waals surface area contributed by atoms with Crippen LogP contribution in [0.25, 0.3) is 0 Å². The highest BCUT2D eigenvalue weighted by Gasteiger charge is 2.22. The molecule has 29 heavy (non-hydrogen) atoms. The quantitative estimate of drug-likeness (QED) is 0.630. The molecule has 7 nitrogen and oxygen atoms in total. The lowest BCUT2D eigenvalue weighted by Crippen LogP contribution is -2.46. The monoisotopic (exact) mass is 405 g/mol. The minimum Gasteiger partial charge on any atom is -0.377 e. The van der Waals surface area contributed by atoms with Gasteiger partial charge in [0.2, 0.25) is 0 Å². The maximum Gasteiger partial charge on any atom is 0.319 e. The van der Waals surface area contributed by atoms with E-state index in [9.17, 15) is 9.59 Å². The third-order valence-electron chi connectivity index (χ3n) is 4.44. The van der Waals surface area contributed by atoms with Gasteiger partial charge in [0, 0.05) is 49.6 Å². The molecule has 0 heterocycles. The summed E-state index contributed by atoms with van der Waals surface area (Å²) in [5, 5.41) is 8.79. The van der Waals surface area contributed by atoms with Crippen LogP contribution in [0.5, 0.6) is 0 Å². The zero-order valence-corrected chi connectivity index (χ0v) is 19.5. The number of carbonyl (C=O) groups excluding carboxylic acids is 2. The Balaban J connectivity index is 3.17. The molecule has 0 saturated heterocycles. The van der Waals surface area contributed by atoms with Crippen LogP contribution in [0.4, 0.5) is 21.0 Å². The summed E-state index contributed by atoms with van der Waals surface area (Å²) >= 11 is 0. The number of nitrogens with one attached hydrogen (secondary N) is 3.